The van der Waals surface area contributed by atoms with Crippen molar-refractivity contribution in [3.63, 3.8) is 0 Å². The average Bonchev–Trinajstić information content (AvgIpc) is 2.85. The quantitative estimate of drug-likeness (QED) is 0.874. The summed E-state index contributed by atoms with van der Waals surface area (Å²) in [7, 11) is -3.39. The Hall–Kier alpha value is -1.95. The highest BCUT2D eigenvalue weighted by atomic mass is 32.2. The van der Waals surface area contributed by atoms with Gasteiger partial charge in [0.05, 0.1) is 5.75 Å². The topological polar surface area (TPSA) is 64.8 Å². The van der Waals surface area contributed by atoms with Gasteiger partial charge in [-0.3, -0.25) is 4.57 Å². The standard InChI is InChI=1S/C15H17N3O2S/c1-3-12-13-8-6-5-7-11(13)9-10-18-14(12)16-17-15(18)21(19,20)4-2/h5-10,12H,3-4H2,1-2H3. The minimum Gasteiger partial charge on any atom is -0.276 e. The van der Waals surface area contributed by atoms with E-state index in [1.54, 1.807) is 17.7 Å². The fraction of sp³-hybridized carbons (Fsp3) is 0.333. The van der Waals surface area contributed by atoms with Crippen LogP contribution in [-0.4, -0.2) is 28.9 Å². The molecule has 5 nitrogen and oxygen atoms in total. The highest BCUT2D eigenvalue weighted by Crippen LogP contribution is 2.33. The molecule has 0 spiro atoms. The van der Waals surface area contributed by atoms with Gasteiger partial charge in [-0.25, -0.2) is 8.42 Å². The summed E-state index contributed by atoms with van der Waals surface area (Å²) in [6.07, 6.45) is 4.52. The summed E-state index contributed by atoms with van der Waals surface area (Å²) < 4.78 is 25.9. The number of fused-ring (bicyclic) bond motifs is 2. The summed E-state index contributed by atoms with van der Waals surface area (Å²) in [5, 5.41) is 8.12. The van der Waals surface area contributed by atoms with Crippen molar-refractivity contribution >= 4 is 22.1 Å². The molecule has 21 heavy (non-hydrogen) atoms. The first kappa shape index (κ1) is 14.0. The molecule has 3 rings (SSSR count). The normalized spacial score (nSPS) is 17.1. The molecule has 0 amide bonds. The van der Waals surface area contributed by atoms with Gasteiger partial charge in [-0.05, 0) is 23.6 Å². The highest BCUT2D eigenvalue weighted by molar-refractivity contribution is 7.91. The maximum Gasteiger partial charge on any atom is 0.253 e. The Morgan fingerprint density at radius 2 is 1.95 bits per heavy atom. The largest absolute Gasteiger partial charge is 0.276 e. The first-order chi connectivity index (χ1) is 10.1. The minimum atomic E-state index is -3.39. The molecule has 1 aromatic carbocycles. The molecule has 1 unspecified atom stereocenters. The summed E-state index contributed by atoms with van der Waals surface area (Å²) in [5.74, 6) is 0.748. The lowest BCUT2D eigenvalue weighted by atomic mass is 9.92. The van der Waals surface area contributed by atoms with Crippen LogP contribution in [0, 0.1) is 0 Å². The van der Waals surface area contributed by atoms with Gasteiger partial charge < -0.3 is 0 Å². The zero-order valence-corrected chi connectivity index (χ0v) is 12.8. The number of benzene rings is 1. The second kappa shape index (κ2) is 5.11. The van der Waals surface area contributed by atoms with Gasteiger partial charge in [-0.15, -0.1) is 10.2 Å². The Kier molecular flexibility index (Phi) is 3.41. The molecular formula is C15H17N3O2S. The average molecular weight is 303 g/mol. The number of rotatable bonds is 3. The van der Waals surface area contributed by atoms with Gasteiger partial charge in [0.2, 0.25) is 9.84 Å². The number of sulfone groups is 1. The van der Waals surface area contributed by atoms with E-state index in [0.29, 0.717) is 5.82 Å². The van der Waals surface area contributed by atoms with E-state index in [1.165, 1.54) is 0 Å². The van der Waals surface area contributed by atoms with Crippen LogP contribution in [0.5, 0.6) is 0 Å². The van der Waals surface area contributed by atoms with Crippen LogP contribution in [0.25, 0.3) is 12.3 Å². The van der Waals surface area contributed by atoms with Gasteiger partial charge in [0.25, 0.3) is 5.16 Å². The van der Waals surface area contributed by atoms with E-state index in [2.05, 4.69) is 23.2 Å². The first-order valence-corrected chi connectivity index (χ1v) is 8.68. The van der Waals surface area contributed by atoms with Crippen molar-refractivity contribution in [2.45, 2.75) is 31.3 Å². The minimum absolute atomic E-state index is 0.0166. The van der Waals surface area contributed by atoms with E-state index in [9.17, 15) is 8.42 Å². The van der Waals surface area contributed by atoms with Gasteiger partial charge >= 0.3 is 0 Å². The van der Waals surface area contributed by atoms with Crippen molar-refractivity contribution in [1.29, 1.82) is 0 Å². The smallest absolute Gasteiger partial charge is 0.253 e. The fourth-order valence-electron chi connectivity index (χ4n) is 2.68. The van der Waals surface area contributed by atoms with Gasteiger partial charge in [0.15, 0.2) is 0 Å². The van der Waals surface area contributed by atoms with Gasteiger partial charge in [0.1, 0.15) is 5.82 Å². The fourth-order valence-corrected chi connectivity index (χ4v) is 3.56. The van der Waals surface area contributed by atoms with Crippen molar-refractivity contribution in [2.24, 2.45) is 0 Å². The molecule has 1 aromatic heterocycles. The molecule has 0 bridgehead atoms. The van der Waals surface area contributed by atoms with Crippen LogP contribution >= 0.6 is 0 Å². The Labute approximate surface area is 124 Å². The summed E-state index contributed by atoms with van der Waals surface area (Å²) in [4.78, 5) is 0. The summed E-state index contributed by atoms with van der Waals surface area (Å²) in [5.41, 5.74) is 2.25. The Morgan fingerprint density at radius 1 is 1.19 bits per heavy atom. The van der Waals surface area contributed by atoms with E-state index in [-0.39, 0.29) is 16.8 Å². The summed E-state index contributed by atoms with van der Waals surface area (Å²) in [6, 6.07) is 8.06. The molecule has 0 saturated carbocycles. The second-order valence-electron chi connectivity index (χ2n) is 5.02. The maximum absolute atomic E-state index is 12.2. The van der Waals surface area contributed by atoms with Crippen LogP contribution in [-0.2, 0) is 9.84 Å². The van der Waals surface area contributed by atoms with Crippen LogP contribution in [0.4, 0.5) is 0 Å². The van der Waals surface area contributed by atoms with Crippen molar-refractivity contribution < 1.29 is 8.42 Å². The zero-order chi connectivity index (χ0) is 15.0. The number of nitrogens with zero attached hydrogens (tertiary/aromatic N) is 3. The number of aromatic nitrogens is 3. The van der Waals surface area contributed by atoms with Crippen molar-refractivity contribution in [2.75, 3.05) is 5.75 Å². The third-order valence-electron chi connectivity index (χ3n) is 3.84. The van der Waals surface area contributed by atoms with Gasteiger partial charge in [0, 0.05) is 12.1 Å². The molecule has 0 saturated heterocycles. The lowest BCUT2D eigenvalue weighted by Gasteiger charge is -2.14. The molecule has 1 aliphatic heterocycles. The number of hydrogen-bond acceptors (Lipinski definition) is 4. The molecule has 2 aromatic rings. The first-order valence-electron chi connectivity index (χ1n) is 7.03. The Morgan fingerprint density at radius 3 is 2.67 bits per heavy atom. The maximum atomic E-state index is 12.2. The Bertz CT molecular complexity index is 806. The molecule has 0 aliphatic carbocycles. The van der Waals surface area contributed by atoms with Crippen molar-refractivity contribution in [3.05, 3.63) is 41.2 Å². The van der Waals surface area contributed by atoms with Crippen LogP contribution in [0.2, 0.25) is 0 Å². The molecule has 0 fully saturated rings. The lowest BCUT2D eigenvalue weighted by molar-refractivity contribution is 0.584. The highest BCUT2D eigenvalue weighted by Gasteiger charge is 2.28. The second-order valence-corrected chi connectivity index (χ2v) is 7.19. The molecule has 0 N–H and O–H groups in total. The molecule has 1 atom stereocenters. The van der Waals surface area contributed by atoms with E-state index >= 15 is 0 Å². The summed E-state index contributed by atoms with van der Waals surface area (Å²) >= 11 is 0. The third-order valence-corrected chi connectivity index (χ3v) is 5.44. The molecule has 2 heterocycles. The van der Waals surface area contributed by atoms with Gasteiger partial charge in [-0.2, -0.15) is 0 Å². The van der Waals surface area contributed by atoms with E-state index in [0.717, 1.165) is 17.5 Å². The predicted octanol–water partition coefficient (Wildman–Crippen LogP) is 2.55. The van der Waals surface area contributed by atoms with E-state index in [1.807, 2.05) is 24.3 Å². The monoisotopic (exact) mass is 303 g/mol. The van der Waals surface area contributed by atoms with Crippen LogP contribution in [0.1, 0.15) is 43.1 Å². The lowest BCUT2D eigenvalue weighted by Crippen LogP contribution is -2.12. The summed E-state index contributed by atoms with van der Waals surface area (Å²) in [6.45, 7) is 3.68. The van der Waals surface area contributed by atoms with Gasteiger partial charge in [-0.1, -0.05) is 38.1 Å². The van der Waals surface area contributed by atoms with E-state index in [4.69, 9.17) is 0 Å². The number of hydrogen-bond donors (Lipinski definition) is 0. The SMILES string of the molecule is CCC1c2ccccc2C=Cn2c1nnc2S(=O)(=O)CC. The zero-order valence-electron chi connectivity index (χ0n) is 12.0. The Balaban J connectivity index is 2.25. The molecule has 110 valence electrons. The van der Waals surface area contributed by atoms with E-state index < -0.39 is 9.84 Å². The van der Waals surface area contributed by atoms with Crippen molar-refractivity contribution in [3.8, 4) is 0 Å². The molecule has 0 radical (unpaired) electrons. The van der Waals surface area contributed by atoms with Crippen molar-refractivity contribution in [1.82, 2.24) is 14.8 Å². The molecular weight excluding hydrogens is 286 g/mol. The van der Waals surface area contributed by atoms with Crippen LogP contribution in [0.15, 0.2) is 29.4 Å². The molecule has 1 aliphatic rings. The van der Waals surface area contributed by atoms with Crippen LogP contribution < -0.4 is 0 Å². The third kappa shape index (κ3) is 2.19. The van der Waals surface area contributed by atoms with Crippen LogP contribution in [0.3, 0.4) is 0 Å². The molecule has 6 heteroatoms. The predicted molar refractivity (Wildman–Crippen MR) is 81.5 cm³/mol.